The lowest BCUT2D eigenvalue weighted by Gasteiger charge is -2.04. The molecule has 3 aromatic rings. The summed E-state index contributed by atoms with van der Waals surface area (Å²) in [5, 5.41) is 0.834. The highest BCUT2D eigenvalue weighted by Crippen LogP contribution is 2.22. The Kier molecular flexibility index (Phi) is 3.55. The van der Waals surface area contributed by atoms with E-state index in [0.717, 1.165) is 16.6 Å². The van der Waals surface area contributed by atoms with Gasteiger partial charge in [0, 0.05) is 22.2 Å². The summed E-state index contributed by atoms with van der Waals surface area (Å²) in [5.41, 5.74) is 2.55. The largest absolute Gasteiger partial charge is 0.469 e. The molecule has 1 aromatic carbocycles. The number of fused-ring (bicyclic) bond motifs is 1. The zero-order chi connectivity index (χ0) is 15.7. The Balaban J connectivity index is 1.78. The van der Waals surface area contributed by atoms with E-state index >= 15 is 0 Å². The zero-order valence-electron chi connectivity index (χ0n) is 12.3. The van der Waals surface area contributed by atoms with Crippen molar-refractivity contribution in [1.29, 1.82) is 0 Å². The van der Waals surface area contributed by atoms with Gasteiger partial charge < -0.3 is 14.1 Å². The van der Waals surface area contributed by atoms with Crippen molar-refractivity contribution in [3.8, 4) is 0 Å². The van der Waals surface area contributed by atoms with Crippen LogP contribution in [0.15, 0.2) is 41.0 Å². The number of rotatable bonds is 4. The molecule has 5 heteroatoms. The third-order valence-electron chi connectivity index (χ3n) is 3.59. The number of para-hydroxylation sites is 1. The monoisotopic (exact) mass is 297 g/mol. The lowest BCUT2D eigenvalue weighted by atomic mass is 10.1. The first-order valence-electron chi connectivity index (χ1n) is 6.89. The molecule has 0 spiro atoms. The fourth-order valence-electron chi connectivity index (χ4n) is 2.51. The van der Waals surface area contributed by atoms with Crippen molar-refractivity contribution in [3.63, 3.8) is 0 Å². The van der Waals surface area contributed by atoms with Gasteiger partial charge in [-0.15, -0.1) is 0 Å². The van der Waals surface area contributed by atoms with Crippen molar-refractivity contribution in [2.75, 3.05) is 6.61 Å². The molecule has 112 valence electrons. The van der Waals surface area contributed by atoms with Gasteiger partial charge in [-0.2, -0.15) is 0 Å². The van der Waals surface area contributed by atoms with Crippen LogP contribution in [-0.2, 0) is 4.74 Å². The van der Waals surface area contributed by atoms with E-state index in [0.29, 0.717) is 16.9 Å². The Morgan fingerprint density at radius 3 is 2.68 bits per heavy atom. The van der Waals surface area contributed by atoms with E-state index in [1.165, 1.54) is 12.3 Å². The molecule has 0 aliphatic heterocycles. The number of nitrogens with one attached hydrogen (secondary N) is 1. The molecule has 0 aliphatic carbocycles. The molecular formula is C17H15NO4. The average Bonchev–Trinajstić information content (AvgIpc) is 3.06. The maximum Gasteiger partial charge on any atom is 0.342 e. The second-order valence-corrected chi connectivity index (χ2v) is 5.06. The minimum absolute atomic E-state index is 0.232. The number of esters is 1. The van der Waals surface area contributed by atoms with Crippen LogP contribution < -0.4 is 0 Å². The van der Waals surface area contributed by atoms with E-state index in [1.807, 2.05) is 31.2 Å². The maximum atomic E-state index is 12.4. The second-order valence-electron chi connectivity index (χ2n) is 5.06. The molecule has 5 nitrogen and oxygen atoms in total. The summed E-state index contributed by atoms with van der Waals surface area (Å²) in [6.45, 7) is 3.20. The summed E-state index contributed by atoms with van der Waals surface area (Å²) in [6, 6.07) is 9.06. The molecule has 2 heterocycles. The number of carbonyl (C=O) groups is 2. The Labute approximate surface area is 126 Å². The number of furan rings is 1. The van der Waals surface area contributed by atoms with Crippen LogP contribution >= 0.6 is 0 Å². The minimum atomic E-state index is -0.558. The predicted octanol–water partition coefficient (Wildman–Crippen LogP) is 3.42. The normalized spacial score (nSPS) is 10.8. The van der Waals surface area contributed by atoms with Crippen molar-refractivity contribution in [1.82, 2.24) is 4.98 Å². The van der Waals surface area contributed by atoms with Gasteiger partial charge in [0.05, 0.1) is 6.26 Å². The molecule has 0 atom stereocenters. The van der Waals surface area contributed by atoms with Gasteiger partial charge >= 0.3 is 5.97 Å². The van der Waals surface area contributed by atoms with Gasteiger partial charge in [0.25, 0.3) is 0 Å². The van der Waals surface area contributed by atoms with Crippen LogP contribution in [-0.4, -0.2) is 23.3 Å². The maximum absolute atomic E-state index is 12.4. The molecule has 22 heavy (non-hydrogen) atoms. The molecule has 2 aromatic heterocycles. The molecule has 0 saturated heterocycles. The third-order valence-corrected chi connectivity index (χ3v) is 3.59. The summed E-state index contributed by atoms with van der Waals surface area (Å²) in [5.74, 6) is -0.317. The molecule has 0 bridgehead atoms. The summed E-state index contributed by atoms with van der Waals surface area (Å²) in [4.78, 5) is 27.4. The number of aromatic nitrogens is 1. The minimum Gasteiger partial charge on any atom is -0.469 e. The quantitative estimate of drug-likeness (QED) is 0.591. The van der Waals surface area contributed by atoms with Gasteiger partial charge in [0.1, 0.15) is 11.3 Å². The summed E-state index contributed by atoms with van der Waals surface area (Å²) >= 11 is 0. The van der Waals surface area contributed by atoms with E-state index in [1.54, 1.807) is 6.92 Å². The molecule has 0 radical (unpaired) electrons. The summed E-state index contributed by atoms with van der Waals surface area (Å²) in [6.07, 6.45) is 1.41. The average molecular weight is 297 g/mol. The van der Waals surface area contributed by atoms with E-state index in [2.05, 4.69) is 4.98 Å². The first-order chi connectivity index (χ1) is 10.6. The van der Waals surface area contributed by atoms with E-state index in [-0.39, 0.29) is 12.4 Å². The number of hydrogen-bond donors (Lipinski definition) is 1. The molecule has 0 aliphatic rings. The first kappa shape index (κ1) is 14.1. The highest BCUT2D eigenvalue weighted by molar-refractivity contribution is 6.10. The highest BCUT2D eigenvalue weighted by Gasteiger charge is 2.19. The topological polar surface area (TPSA) is 72.3 Å². The molecule has 1 N–H and O–H groups in total. The van der Waals surface area contributed by atoms with Gasteiger partial charge in [-0.3, -0.25) is 4.79 Å². The lowest BCUT2D eigenvalue weighted by Crippen LogP contribution is -2.15. The standard InChI is InChI=1S/C17H15NO4/c1-10-16(13-5-3-4-6-14(13)18-10)15(19)9-22-17(20)12-7-8-21-11(12)2/h3-8,18H,9H2,1-2H3. The van der Waals surface area contributed by atoms with E-state index < -0.39 is 5.97 Å². The molecule has 0 fully saturated rings. The number of benzene rings is 1. The van der Waals surface area contributed by atoms with Gasteiger partial charge in [0.2, 0.25) is 5.78 Å². The van der Waals surface area contributed by atoms with E-state index in [9.17, 15) is 9.59 Å². The van der Waals surface area contributed by atoms with Gasteiger partial charge in [-0.05, 0) is 26.0 Å². The molecular weight excluding hydrogens is 282 g/mol. The molecule has 0 saturated carbocycles. The Hall–Kier alpha value is -2.82. The fraction of sp³-hybridized carbons (Fsp3) is 0.176. The molecule has 3 rings (SSSR count). The second kappa shape index (κ2) is 5.52. The number of ether oxygens (including phenoxy) is 1. The van der Waals surface area contributed by atoms with Crippen molar-refractivity contribution in [2.45, 2.75) is 13.8 Å². The zero-order valence-corrected chi connectivity index (χ0v) is 12.3. The van der Waals surface area contributed by atoms with E-state index in [4.69, 9.17) is 9.15 Å². The van der Waals surface area contributed by atoms with Crippen LogP contribution in [0.5, 0.6) is 0 Å². The third kappa shape index (κ3) is 2.41. The number of H-pyrrole nitrogens is 1. The Morgan fingerprint density at radius 1 is 1.18 bits per heavy atom. The van der Waals surface area contributed by atoms with Crippen molar-refractivity contribution < 1.29 is 18.7 Å². The van der Waals surface area contributed by atoms with Crippen molar-refractivity contribution in [2.24, 2.45) is 0 Å². The van der Waals surface area contributed by atoms with Gasteiger partial charge in [0.15, 0.2) is 6.61 Å². The number of aromatic amines is 1. The summed E-state index contributed by atoms with van der Waals surface area (Å²) in [7, 11) is 0. The molecule has 0 amide bonds. The van der Waals surface area contributed by atoms with Crippen molar-refractivity contribution >= 4 is 22.7 Å². The molecule has 0 unspecified atom stereocenters. The number of ketones is 1. The van der Waals surface area contributed by atoms with Crippen LogP contribution in [0, 0.1) is 13.8 Å². The number of carbonyl (C=O) groups excluding carboxylic acids is 2. The fourth-order valence-corrected chi connectivity index (χ4v) is 2.51. The first-order valence-corrected chi connectivity index (χ1v) is 6.89. The van der Waals surface area contributed by atoms with Gasteiger partial charge in [-0.1, -0.05) is 18.2 Å². The van der Waals surface area contributed by atoms with Crippen LogP contribution in [0.1, 0.15) is 32.2 Å². The lowest BCUT2D eigenvalue weighted by molar-refractivity contribution is 0.0473. The van der Waals surface area contributed by atoms with Gasteiger partial charge in [-0.25, -0.2) is 4.79 Å². The highest BCUT2D eigenvalue weighted by atomic mass is 16.5. The number of Topliss-reactive ketones (excluding diaryl/α,β-unsaturated/α-hetero) is 1. The summed E-state index contributed by atoms with van der Waals surface area (Å²) < 4.78 is 10.1. The SMILES string of the molecule is Cc1[nH]c2ccccc2c1C(=O)COC(=O)c1ccoc1C. The van der Waals surface area contributed by atoms with Crippen molar-refractivity contribution in [3.05, 3.63) is 59.2 Å². The predicted molar refractivity (Wildman–Crippen MR) is 81.1 cm³/mol. The van der Waals surface area contributed by atoms with Crippen LogP contribution in [0.4, 0.5) is 0 Å². The smallest absolute Gasteiger partial charge is 0.342 e. The number of aryl methyl sites for hydroxylation is 2. The van der Waals surface area contributed by atoms with Crippen LogP contribution in [0.3, 0.4) is 0 Å². The van der Waals surface area contributed by atoms with Crippen LogP contribution in [0.25, 0.3) is 10.9 Å². The number of hydrogen-bond acceptors (Lipinski definition) is 4. The van der Waals surface area contributed by atoms with Crippen LogP contribution in [0.2, 0.25) is 0 Å². The Bertz CT molecular complexity index is 857. The Morgan fingerprint density at radius 2 is 1.95 bits per heavy atom.